The van der Waals surface area contributed by atoms with Gasteiger partial charge >= 0.3 is 0 Å². The third kappa shape index (κ3) is 2.60. The van der Waals surface area contributed by atoms with E-state index in [-0.39, 0.29) is 0 Å². The minimum atomic E-state index is 1.10. The van der Waals surface area contributed by atoms with Crippen molar-refractivity contribution in [1.29, 1.82) is 0 Å². The lowest BCUT2D eigenvalue weighted by Gasteiger charge is -2.10. The molecule has 0 bridgehead atoms. The highest BCUT2D eigenvalue weighted by atomic mass is 32.1. The quantitative estimate of drug-likeness (QED) is 0.195. The van der Waals surface area contributed by atoms with E-state index in [9.17, 15) is 0 Å². The van der Waals surface area contributed by atoms with Crippen LogP contribution >= 0.6 is 34.0 Å². The molecule has 40 heavy (non-hydrogen) atoms. The summed E-state index contributed by atoms with van der Waals surface area (Å²) in [5.41, 5.74) is 3.79. The second kappa shape index (κ2) is 7.67. The van der Waals surface area contributed by atoms with Crippen LogP contribution in [-0.4, -0.2) is 9.55 Å². The van der Waals surface area contributed by atoms with Crippen molar-refractivity contribution in [2.75, 3.05) is 0 Å². The number of nitrogens with zero attached hydrogens (tertiary/aromatic N) is 2. The van der Waals surface area contributed by atoms with Crippen molar-refractivity contribution >= 4 is 116 Å². The van der Waals surface area contributed by atoms with E-state index in [0.717, 1.165) is 4.83 Å². The third-order valence-electron chi connectivity index (χ3n) is 8.25. The van der Waals surface area contributed by atoms with Gasteiger partial charge in [-0.2, -0.15) is 0 Å². The molecule has 0 atom stereocenters. The number of pyridine rings is 1. The van der Waals surface area contributed by atoms with Crippen LogP contribution in [0.25, 0.3) is 88.1 Å². The normalized spacial score (nSPS) is 12.5. The van der Waals surface area contributed by atoms with Gasteiger partial charge in [0.1, 0.15) is 4.83 Å². The summed E-state index contributed by atoms with van der Waals surface area (Å²) < 4.78 is 9.21. The van der Waals surface area contributed by atoms with Crippen molar-refractivity contribution in [3.05, 3.63) is 109 Å². The van der Waals surface area contributed by atoms with Crippen LogP contribution in [0.4, 0.5) is 0 Å². The van der Waals surface area contributed by atoms with E-state index in [1.54, 1.807) is 0 Å². The van der Waals surface area contributed by atoms with Gasteiger partial charge in [-0.3, -0.25) is 0 Å². The standard InChI is InChI=1S/C35H18N2S3/c1-4-14-24-21(10-1)30-31(37(24)25-15-7-12-20-19-9-2-5-16-26(19)38-32(20)25)34-29(23-13-8-18-36-35(23)40-34)28-22-11-3-6-17-27(22)39-33(28)30/h1-18H. The summed E-state index contributed by atoms with van der Waals surface area (Å²) in [6, 6.07) is 37.7. The number of hydrogen-bond donors (Lipinski definition) is 0. The summed E-state index contributed by atoms with van der Waals surface area (Å²) in [7, 11) is 0. The van der Waals surface area contributed by atoms with Crippen LogP contribution in [0.3, 0.4) is 0 Å². The maximum atomic E-state index is 4.85. The van der Waals surface area contributed by atoms with Crippen LogP contribution in [0.15, 0.2) is 109 Å². The van der Waals surface area contributed by atoms with E-state index in [0.29, 0.717) is 0 Å². The number of benzene rings is 5. The second-order valence-electron chi connectivity index (χ2n) is 10.3. The first kappa shape index (κ1) is 21.5. The Morgan fingerprint density at radius 3 is 2.05 bits per heavy atom. The molecule has 0 unspecified atom stereocenters. The van der Waals surface area contributed by atoms with Crippen molar-refractivity contribution in [2.24, 2.45) is 0 Å². The van der Waals surface area contributed by atoms with E-state index >= 15 is 0 Å². The van der Waals surface area contributed by atoms with E-state index in [2.05, 4.69) is 108 Å². The third-order valence-corrected chi connectivity index (χ3v) is 11.8. The lowest BCUT2D eigenvalue weighted by atomic mass is 10.0. The molecule has 0 aliphatic heterocycles. The Hall–Kier alpha value is -4.29. The van der Waals surface area contributed by atoms with Gasteiger partial charge in [-0.05, 0) is 36.4 Å². The summed E-state index contributed by atoms with van der Waals surface area (Å²) in [6.45, 7) is 0. The molecule has 0 spiro atoms. The average Bonchev–Trinajstić information content (AvgIpc) is 3.75. The summed E-state index contributed by atoms with van der Waals surface area (Å²) in [6.07, 6.45) is 1.92. The Balaban J connectivity index is 1.54. The number of hydrogen-bond acceptors (Lipinski definition) is 4. The van der Waals surface area contributed by atoms with Crippen molar-refractivity contribution in [1.82, 2.24) is 9.55 Å². The number of aromatic nitrogens is 2. The number of para-hydroxylation sites is 1. The number of rotatable bonds is 1. The van der Waals surface area contributed by atoms with Crippen LogP contribution in [0.1, 0.15) is 0 Å². The Morgan fingerprint density at radius 1 is 0.475 bits per heavy atom. The maximum Gasteiger partial charge on any atom is 0.124 e. The molecular weight excluding hydrogens is 545 g/mol. The smallest absolute Gasteiger partial charge is 0.124 e. The van der Waals surface area contributed by atoms with Crippen LogP contribution in [0.2, 0.25) is 0 Å². The highest BCUT2D eigenvalue weighted by Crippen LogP contribution is 2.52. The van der Waals surface area contributed by atoms with Gasteiger partial charge in [0.25, 0.3) is 0 Å². The predicted octanol–water partition coefficient (Wildman–Crippen LogP) is 11.3. The van der Waals surface area contributed by atoms with Crippen molar-refractivity contribution < 1.29 is 0 Å². The zero-order valence-corrected chi connectivity index (χ0v) is 23.5. The van der Waals surface area contributed by atoms with Gasteiger partial charge in [0, 0.05) is 63.4 Å². The molecule has 186 valence electrons. The molecular formula is C35H18N2S3. The van der Waals surface area contributed by atoms with Crippen LogP contribution < -0.4 is 0 Å². The zero-order valence-electron chi connectivity index (χ0n) is 21.0. The highest BCUT2D eigenvalue weighted by molar-refractivity contribution is 7.29. The first-order chi connectivity index (χ1) is 19.9. The average molecular weight is 563 g/mol. The predicted molar refractivity (Wildman–Crippen MR) is 177 cm³/mol. The van der Waals surface area contributed by atoms with Gasteiger partial charge in [-0.1, -0.05) is 66.7 Å². The highest BCUT2D eigenvalue weighted by Gasteiger charge is 2.25. The monoisotopic (exact) mass is 562 g/mol. The molecule has 0 aliphatic rings. The van der Waals surface area contributed by atoms with Crippen LogP contribution in [-0.2, 0) is 0 Å². The van der Waals surface area contributed by atoms with Crippen LogP contribution in [0, 0.1) is 0 Å². The van der Waals surface area contributed by atoms with Gasteiger partial charge in [-0.15, -0.1) is 34.0 Å². The molecule has 0 fully saturated rings. The van der Waals surface area contributed by atoms with Crippen molar-refractivity contribution in [2.45, 2.75) is 0 Å². The fraction of sp³-hybridized carbons (Fsp3) is 0. The van der Waals surface area contributed by atoms with E-state index < -0.39 is 0 Å². The fourth-order valence-electron chi connectivity index (χ4n) is 6.66. The molecule has 0 N–H and O–H groups in total. The molecule has 5 aromatic carbocycles. The van der Waals surface area contributed by atoms with Gasteiger partial charge in [0.2, 0.25) is 0 Å². The molecule has 0 saturated heterocycles. The first-order valence-corrected chi connectivity index (χ1v) is 15.8. The molecule has 0 amide bonds. The first-order valence-electron chi connectivity index (χ1n) is 13.3. The molecule has 0 radical (unpaired) electrons. The molecule has 10 rings (SSSR count). The molecule has 2 nitrogen and oxygen atoms in total. The molecule has 0 saturated carbocycles. The van der Waals surface area contributed by atoms with Gasteiger partial charge in [0.05, 0.1) is 26.1 Å². The Kier molecular flexibility index (Phi) is 4.13. The number of thiophene rings is 3. The minimum absolute atomic E-state index is 1.10. The largest absolute Gasteiger partial charge is 0.306 e. The van der Waals surface area contributed by atoms with Crippen molar-refractivity contribution in [3.8, 4) is 5.69 Å². The molecule has 5 aromatic heterocycles. The van der Waals surface area contributed by atoms with E-state index in [1.807, 2.05) is 40.2 Å². The van der Waals surface area contributed by atoms with Gasteiger partial charge in [0.15, 0.2) is 0 Å². The van der Waals surface area contributed by atoms with Crippen molar-refractivity contribution in [3.63, 3.8) is 0 Å². The topological polar surface area (TPSA) is 17.8 Å². The SMILES string of the molecule is c1ccc2c(c1)sc1c(-n3c4ccccc4c4c5sc6ccccc6c5c5c6cccnc6sc5c43)cccc12. The molecule has 10 aromatic rings. The molecule has 0 aliphatic carbocycles. The Bertz CT molecular complexity index is 2660. The lowest BCUT2D eigenvalue weighted by molar-refractivity contribution is 1.21. The van der Waals surface area contributed by atoms with E-state index in [4.69, 9.17) is 4.98 Å². The summed E-state index contributed by atoms with van der Waals surface area (Å²) in [5, 5.41) is 10.6. The summed E-state index contributed by atoms with van der Waals surface area (Å²) in [5.74, 6) is 0. The van der Waals surface area contributed by atoms with Gasteiger partial charge < -0.3 is 4.57 Å². The molecule has 5 heteroatoms. The van der Waals surface area contributed by atoms with E-state index in [1.165, 1.54) is 83.3 Å². The Morgan fingerprint density at radius 2 is 1.15 bits per heavy atom. The lowest BCUT2D eigenvalue weighted by Crippen LogP contribution is -1.94. The molecule has 5 heterocycles. The zero-order chi connectivity index (χ0) is 25.9. The maximum absolute atomic E-state index is 4.85. The fourth-order valence-corrected chi connectivity index (χ4v) is 10.3. The number of fused-ring (bicyclic) bond motifs is 15. The summed E-state index contributed by atoms with van der Waals surface area (Å²) >= 11 is 5.65. The van der Waals surface area contributed by atoms with Crippen LogP contribution in [0.5, 0.6) is 0 Å². The Labute approximate surface area is 240 Å². The minimum Gasteiger partial charge on any atom is -0.306 e. The second-order valence-corrected chi connectivity index (χ2v) is 13.4. The summed E-state index contributed by atoms with van der Waals surface area (Å²) in [4.78, 5) is 5.94. The van der Waals surface area contributed by atoms with Gasteiger partial charge in [-0.25, -0.2) is 4.98 Å².